The van der Waals surface area contributed by atoms with Crippen molar-refractivity contribution in [2.75, 3.05) is 42.5 Å². The van der Waals surface area contributed by atoms with E-state index in [4.69, 9.17) is 37.4 Å². The molecule has 1 aliphatic carbocycles. The molecular formula is C18H30ClN6O7P. The van der Waals surface area contributed by atoms with Crippen molar-refractivity contribution in [2.24, 2.45) is 11.8 Å². The van der Waals surface area contributed by atoms with Crippen molar-refractivity contribution in [3.63, 3.8) is 0 Å². The molecule has 2 heterocycles. The van der Waals surface area contributed by atoms with Gasteiger partial charge in [0.15, 0.2) is 11.6 Å². The van der Waals surface area contributed by atoms with Gasteiger partial charge in [-0.2, -0.15) is 9.97 Å². The number of nitrogens with zero attached hydrogens (tertiary/aromatic N) is 3. The molecule has 0 spiro atoms. The maximum atomic E-state index is 11.9. The number of anilines is 3. The molecule has 15 heteroatoms. The molecule has 1 saturated carbocycles. The van der Waals surface area contributed by atoms with Crippen LogP contribution in [0.25, 0.3) is 0 Å². The Bertz CT molecular complexity index is 884. The number of hydrogen-bond donors (Lipinski definition) is 5. The molecule has 1 saturated heterocycles. The van der Waals surface area contributed by atoms with E-state index in [1.807, 2.05) is 0 Å². The third kappa shape index (κ3) is 6.66. The number of nitrogen functional groups attached to an aromatic ring is 1. The van der Waals surface area contributed by atoms with Crippen LogP contribution >= 0.6 is 19.2 Å². The lowest BCUT2D eigenvalue weighted by atomic mass is 10.1. The number of aromatic nitrogens is 2. The van der Waals surface area contributed by atoms with Gasteiger partial charge in [0.05, 0.1) is 25.9 Å². The Kier molecular flexibility index (Phi) is 8.73. The van der Waals surface area contributed by atoms with Crippen LogP contribution in [0.2, 0.25) is 5.28 Å². The molecule has 7 N–H and O–H groups in total. The van der Waals surface area contributed by atoms with Gasteiger partial charge >= 0.3 is 13.6 Å². The van der Waals surface area contributed by atoms with Gasteiger partial charge in [-0.1, -0.05) is 0 Å². The maximum absolute atomic E-state index is 11.9. The number of hydrazine groups is 1. The summed E-state index contributed by atoms with van der Waals surface area (Å²) in [4.78, 5) is 39.1. The molecule has 13 nitrogen and oxygen atoms in total. The minimum atomic E-state index is -4.83. The van der Waals surface area contributed by atoms with Gasteiger partial charge in [0, 0.05) is 12.6 Å². The number of carbonyl (C=O) groups is 1. The van der Waals surface area contributed by atoms with Crippen molar-refractivity contribution < 1.29 is 33.4 Å². The predicted octanol–water partition coefficient (Wildman–Crippen LogP) is 0.845. The Morgan fingerprint density at radius 1 is 1.39 bits per heavy atom. The van der Waals surface area contributed by atoms with E-state index in [0.717, 1.165) is 6.42 Å². The quantitative estimate of drug-likeness (QED) is 0.0980. The van der Waals surface area contributed by atoms with Crippen molar-refractivity contribution >= 4 is 42.5 Å². The maximum Gasteiger partial charge on any atom is 0.365 e. The summed E-state index contributed by atoms with van der Waals surface area (Å²) in [6.07, 6.45) is 2.67. The average Bonchev–Trinajstić information content (AvgIpc) is 3.41. The van der Waals surface area contributed by atoms with E-state index >= 15 is 0 Å². The summed E-state index contributed by atoms with van der Waals surface area (Å²) in [6.45, 7) is 2.68. The molecule has 3 rings (SSSR count). The number of nitrogens with two attached hydrogens (primary N) is 2. The Labute approximate surface area is 196 Å². The second kappa shape index (κ2) is 11.1. The number of halogens is 1. The molecule has 0 radical (unpaired) electrons. The van der Waals surface area contributed by atoms with Gasteiger partial charge < -0.3 is 35.0 Å². The number of esters is 1. The van der Waals surface area contributed by atoms with Gasteiger partial charge in [-0.3, -0.25) is 9.57 Å². The van der Waals surface area contributed by atoms with Crippen LogP contribution in [0.3, 0.4) is 0 Å². The van der Waals surface area contributed by atoms with Gasteiger partial charge in [0.25, 0.3) is 5.85 Å². The smallest absolute Gasteiger partial charge is 0.365 e. The summed E-state index contributed by atoms with van der Waals surface area (Å²) in [5, 5.41) is 4.64. The highest BCUT2D eigenvalue weighted by molar-refractivity contribution is 7.53. The fourth-order valence-corrected chi connectivity index (χ4v) is 4.74. The van der Waals surface area contributed by atoms with Crippen LogP contribution in [0.15, 0.2) is 0 Å². The molecule has 0 bridgehead atoms. The van der Waals surface area contributed by atoms with Crippen LogP contribution in [-0.2, 0) is 23.6 Å². The first-order valence-corrected chi connectivity index (χ1v) is 12.7. The van der Waals surface area contributed by atoms with Crippen molar-refractivity contribution in [3.05, 3.63) is 5.28 Å². The van der Waals surface area contributed by atoms with Crippen LogP contribution in [0, 0.1) is 5.92 Å². The number of hydrogen-bond acceptors (Lipinski definition) is 11. The highest BCUT2D eigenvalue weighted by atomic mass is 35.5. The molecule has 2 aliphatic rings. The lowest BCUT2D eigenvalue weighted by Gasteiger charge is -2.27. The van der Waals surface area contributed by atoms with E-state index < -0.39 is 19.4 Å². The van der Waals surface area contributed by atoms with Crippen molar-refractivity contribution in [2.45, 2.75) is 50.5 Å². The summed E-state index contributed by atoms with van der Waals surface area (Å²) >= 11 is 6.10. The average molecular weight is 509 g/mol. The first-order chi connectivity index (χ1) is 15.6. The first-order valence-electron chi connectivity index (χ1n) is 10.6. The predicted molar refractivity (Wildman–Crippen MR) is 121 cm³/mol. The molecule has 1 aromatic rings. The summed E-state index contributed by atoms with van der Waals surface area (Å²) in [5.41, 5.74) is 6.53. The standard InChI is InChI=1S/C18H30ClN6O7P/c1-2-31-16(26)17(33(27,28)29)32-8-10-3-4-12(7-10)25(21)15-13(20)14(23-18(19)24-15)22-11-5-6-30-9-11/h10-12,17H,2-9,20-21H2,1H3,(H,22,23,24)(H2,27,28,29)/t10-,11?,12?,17?/m1/s1. The van der Waals surface area contributed by atoms with Gasteiger partial charge in [-0.05, 0) is 50.1 Å². The molecule has 4 atom stereocenters. The molecule has 33 heavy (non-hydrogen) atoms. The lowest BCUT2D eigenvalue weighted by molar-refractivity contribution is -0.152. The zero-order valence-corrected chi connectivity index (χ0v) is 19.9. The van der Waals surface area contributed by atoms with E-state index in [1.165, 1.54) is 5.01 Å². The number of carbonyl (C=O) groups excluding carboxylic acids is 1. The molecule has 0 aromatic carbocycles. The molecule has 0 amide bonds. The SMILES string of the molecule is CCOC(=O)C(OC[C@@H]1CCC(N(N)c2nc(Cl)nc(NC3CCOC3)c2N)C1)P(=O)(O)O. The monoisotopic (exact) mass is 508 g/mol. The van der Waals surface area contributed by atoms with Crippen molar-refractivity contribution in [1.82, 2.24) is 9.97 Å². The lowest BCUT2D eigenvalue weighted by Crippen LogP contribution is -2.41. The normalized spacial score (nSPS) is 24.0. The molecule has 2 fully saturated rings. The molecule has 3 unspecified atom stereocenters. The zero-order chi connectivity index (χ0) is 24.2. The molecular weight excluding hydrogens is 479 g/mol. The minimum Gasteiger partial charge on any atom is -0.464 e. The fraction of sp³-hybridized carbons (Fsp3) is 0.722. The summed E-state index contributed by atoms with van der Waals surface area (Å²) < 4.78 is 27.0. The van der Waals surface area contributed by atoms with E-state index in [0.29, 0.717) is 38.3 Å². The van der Waals surface area contributed by atoms with E-state index in [2.05, 4.69) is 15.3 Å². The minimum absolute atomic E-state index is 0.00660. The van der Waals surface area contributed by atoms with Gasteiger partial charge in [0.1, 0.15) is 5.69 Å². The van der Waals surface area contributed by atoms with Crippen molar-refractivity contribution in [1.29, 1.82) is 0 Å². The topological polar surface area (TPSA) is 195 Å². The zero-order valence-electron chi connectivity index (χ0n) is 18.2. The molecule has 1 aromatic heterocycles. The Balaban J connectivity index is 1.63. The summed E-state index contributed by atoms with van der Waals surface area (Å²) in [5.74, 6) is 3.88. The highest BCUT2D eigenvalue weighted by Crippen LogP contribution is 2.43. The Hall–Kier alpha value is -1.73. The number of rotatable bonds is 10. The van der Waals surface area contributed by atoms with Crippen LogP contribution in [0.4, 0.5) is 17.3 Å². The highest BCUT2D eigenvalue weighted by Gasteiger charge is 2.40. The second-order valence-corrected chi connectivity index (χ2v) is 10.0. The van der Waals surface area contributed by atoms with Gasteiger partial charge in [-0.15, -0.1) is 0 Å². The summed E-state index contributed by atoms with van der Waals surface area (Å²) in [6, 6.07) is -0.114. The van der Waals surface area contributed by atoms with E-state index in [9.17, 15) is 19.1 Å². The van der Waals surface area contributed by atoms with Gasteiger partial charge in [0.2, 0.25) is 5.28 Å². The molecule has 1 aliphatic heterocycles. The van der Waals surface area contributed by atoms with Crippen molar-refractivity contribution in [3.8, 4) is 0 Å². The third-order valence-electron chi connectivity index (χ3n) is 5.60. The fourth-order valence-electron chi connectivity index (χ4n) is 3.95. The van der Waals surface area contributed by atoms with Crippen LogP contribution in [0.5, 0.6) is 0 Å². The van der Waals surface area contributed by atoms with Crippen LogP contribution < -0.4 is 21.9 Å². The molecule has 186 valence electrons. The van der Waals surface area contributed by atoms with Crippen LogP contribution in [0.1, 0.15) is 32.6 Å². The Morgan fingerprint density at radius 3 is 2.79 bits per heavy atom. The Morgan fingerprint density at radius 2 is 2.15 bits per heavy atom. The first kappa shape index (κ1) is 25.9. The van der Waals surface area contributed by atoms with Gasteiger partial charge in [-0.25, -0.2) is 10.6 Å². The van der Waals surface area contributed by atoms with E-state index in [1.54, 1.807) is 6.92 Å². The van der Waals surface area contributed by atoms with Crippen LogP contribution in [-0.4, -0.2) is 70.1 Å². The largest absolute Gasteiger partial charge is 0.464 e. The third-order valence-corrected chi connectivity index (χ3v) is 6.74. The second-order valence-electron chi connectivity index (χ2n) is 8.05. The number of ether oxygens (including phenoxy) is 3. The summed E-state index contributed by atoms with van der Waals surface area (Å²) in [7, 11) is -4.83. The number of nitrogens with one attached hydrogen (secondary N) is 1. The van der Waals surface area contributed by atoms with E-state index in [-0.39, 0.29) is 48.0 Å².